The van der Waals surface area contributed by atoms with Gasteiger partial charge >= 0.3 is 0 Å². The maximum atomic E-state index is 9.36. The minimum absolute atomic E-state index is 0.482. The average Bonchev–Trinajstić information content (AvgIpc) is 2.12. The molecule has 1 rings (SSSR count). The van der Waals surface area contributed by atoms with E-state index in [-0.39, 0.29) is 0 Å². The van der Waals surface area contributed by atoms with Gasteiger partial charge in [-0.05, 0) is 11.8 Å². The summed E-state index contributed by atoms with van der Waals surface area (Å²) in [6, 6.07) is -0.973. The fourth-order valence-corrected chi connectivity index (χ4v) is 1.45. The molecule has 1 aliphatic heterocycles. The third-order valence-electron chi connectivity index (χ3n) is 2.03. The van der Waals surface area contributed by atoms with Crippen LogP contribution in [-0.4, -0.2) is 57.7 Å². The first-order valence-electron chi connectivity index (χ1n) is 3.78. The van der Waals surface area contributed by atoms with Crippen LogP contribution in [0.25, 0.3) is 0 Å². The van der Waals surface area contributed by atoms with Crippen LogP contribution in [-0.2, 0) is 4.74 Å². The van der Waals surface area contributed by atoms with Crippen molar-refractivity contribution < 1.29 is 25.2 Å². The molecule has 0 saturated carbocycles. The lowest BCUT2D eigenvalue weighted by atomic mass is 9.98. The van der Waals surface area contributed by atoms with E-state index in [0.717, 1.165) is 0 Å². The highest BCUT2D eigenvalue weighted by Gasteiger charge is 2.43. The van der Waals surface area contributed by atoms with Crippen molar-refractivity contribution in [2.24, 2.45) is 0 Å². The molecule has 13 heavy (non-hydrogen) atoms. The second-order valence-corrected chi connectivity index (χ2v) is 3.08. The van der Waals surface area contributed by atoms with Gasteiger partial charge in [-0.1, -0.05) is 0 Å². The summed E-state index contributed by atoms with van der Waals surface area (Å²) < 4.78 is 4.77. The van der Waals surface area contributed by atoms with E-state index in [4.69, 9.17) is 21.6 Å². The fourth-order valence-electron chi connectivity index (χ4n) is 1.21. The number of halogens is 1. The molecule has 0 radical (unpaired) electrons. The van der Waals surface area contributed by atoms with Gasteiger partial charge in [0.25, 0.3) is 0 Å². The van der Waals surface area contributed by atoms with Crippen molar-refractivity contribution in [1.82, 2.24) is 4.84 Å². The second-order valence-electron chi connectivity index (χ2n) is 2.86. The van der Waals surface area contributed by atoms with Crippen LogP contribution in [0.15, 0.2) is 0 Å². The van der Waals surface area contributed by atoms with Crippen molar-refractivity contribution >= 4 is 11.8 Å². The zero-order valence-electron chi connectivity index (χ0n) is 6.67. The maximum absolute atomic E-state index is 9.36. The summed E-state index contributed by atoms with van der Waals surface area (Å²) in [6.45, 7) is -0.482. The Morgan fingerprint density at radius 1 is 1.23 bits per heavy atom. The Labute approximate surface area is 79.8 Å². The molecular weight excluding hydrogens is 202 g/mol. The Balaban J connectivity index is 2.66. The summed E-state index contributed by atoms with van der Waals surface area (Å²) in [5.74, 6) is 0. The molecule has 0 aromatic heterocycles. The minimum Gasteiger partial charge on any atom is -0.394 e. The summed E-state index contributed by atoms with van der Waals surface area (Å²) in [6.07, 6.45) is -4.90. The van der Waals surface area contributed by atoms with E-state index in [1.807, 2.05) is 0 Å². The quantitative estimate of drug-likeness (QED) is 0.326. The molecule has 0 aromatic carbocycles. The van der Waals surface area contributed by atoms with Gasteiger partial charge in [0.2, 0.25) is 0 Å². The van der Waals surface area contributed by atoms with Crippen LogP contribution in [0, 0.1) is 0 Å². The Hall–Kier alpha value is 0.0500. The van der Waals surface area contributed by atoms with E-state index in [0.29, 0.717) is 0 Å². The van der Waals surface area contributed by atoms with Crippen LogP contribution in [0.1, 0.15) is 0 Å². The van der Waals surface area contributed by atoms with Gasteiger partial charge < -0.3 is 25.2 Å². The third kappa shape index (κ3) is 2.10. The van der Waals surface area contributed by atoms with Gasteiger partial charge in [-0.25, -0.2) is 4.84 Å². The number of aliphatic hydroxyl groups is 4. The second kappa shape index (κ2) is 4.52. The molecule has 7 heteroatoms. The number of ether oxygens (including phenoxy) is 1. The summed E-state index contributed by atoms with van der Waals surface area (Å²) in [5.41, 5.74) is 0. The lowest BCUT2D eigenvalue weighted by Gasteiger charge is -2.39. The molecule has 78 valence electrons. The molecular formula is C6H12ClNO5. The average molecular weight is 214 g/mol. The molecule has 5 N–H and O–H groups in total. The van der Waals surface area contributed by atoms with E-state index in [1.54, 1.807) is 0 Å². The van der Waals surface area contributed by atoms with Crippen molar-refractivity contribution in [1.29, 1.82) is 0 Å². The molecule has 0 aromatic rings. The zero-order chi connectivity index (χ0) is 10.0. The Bertz CT molecular complexity index is 171. The molecule has 1 aliphatic rings. The maximum Gasteiger partial charge on any atom is 0.174 e. The van der Waals surface area contributed by atoms with Gasteiger partial charge in [0, 0.05) is 0 Å². The van der Waals surface area contributed by atoms with Gasteiger partial charge in [-0.3, -0.25) is 0 Å². The molecule has 0 aliphatic carbocycles. The first-order chi connectivity index (χ1) is 6.11. The predicted molar refractivity (Wildman–Crippen MR) is 42.8 cm³/mol. The molecule has 0 spiro atoms. The smallest absolute Gasteiger partial charge is 0.174 e. The largest absolute Gasteiger partial charge is 0.394 e. The van der Waals surface area contributed by atoms with Crippen LogP contribution < -0.4 is 4.84 Å². The van der Waals surface area contributed by atoms with Crippen molar-refractivity contribution in [2.75, 3.05) is 6.61 Å². The van der Waals surface area contributed by atoms with Crippen LogP contribution in [0.4, 0.5) is 0 Å². The summed E-state index contributed by atoms with van der Waals surface area (Å²) in [7, 11) is 0. The number of aliphatic hydroxyl groups excluding tert-OH is 4. The van der Waals surface area contributed by atoms with Crippen LogP contribution in [0.2, 0.25) is 0 Å². The van der Waals surface area contributed by atoms with E-state index in [2.05, 4.69) is 4.84 Å². The van der Waals surface area contributed by atoms with Gasteiger partial charge in [-0.15, -0.1) is 0 Å². The van der Waals surface area contributed by atoms with Crippen molar-refractivity contribution in [3.8, 4) is 0 Å². The molecule has 0 bridgehead atoms. The standard InChI is InChI=1S/C6H12ClNO5/c7-8-3-5(11)4(10)2(1-9)13-6(3)12/h2-6,8-12H,1H2/t2?,3-,4?,5?,6?/m0/s1. The topological polar surface area (TPSA) is 102 Å². The first kappa shape index (κ1) is 11.1. The van der Waals surface area contributed by atoms with Gasteiger partial charge in [-0.2, -0.15) is 0 Å². The molecule has 1 fully saturated rings. The Morgan fingerprint density at radius 2 is 1.85 bits per heavy atom. The lowest BCUT2D eigenvalue weighted by Crippen LogP contribution is -2.61. The molecule has 6 nitrogen and oxygen atoms in total. The minimum atomic E-state index is -1.35. The summed E-state index contributed by atoms with van der Waals surface area (Å²) >= 11 is 5.20. The molecule has 1 heterocycles. The van der Waals surface area contributed by atoms with Crippen LogP contribution >= 0.6 is 11.8 Å². The van der Waals surface area contributed by atoms with Crippen molar-refractivity contribution in [3.63, 3.8) is 0 Å². The highest BCUT2D eigenvalue weighted by Crippen LogP contribution is 2.19. The Morgan fingerprint density at radius 3 is 2.31 bits per heavy atom. The number of nitrogens with one attached hydrogen (secondary N) is 1. The first-order valence-corrected chi connectivity index (χ1v) is 4.16. The number of hydrogen-bond acceptors (Lipinski definition) is 6. The lowest BCUT2D eigenvalue weighted by molar-refractivity contribution is -0.251. The van der Waals surface area contributed by atoms with E-state index in [9.17, 15) is 15.3 Å². The van der Waals surface area contributed by atoms with Gasteiger partial charge in [0.05, 0.1) is 6.61 Å². The molecule has 4 unspecified atom stereocenters. The van der Waals surface area contributed by atoms with E-state index < -0.39 is 37.3 Å². The van der Waals surface area contributed by atoms with Gasteiger partial charge in [0.15, 0.2) is 6.29 Å². The van der Waals surface area contributed by atoms with Crippen LogP contribution in [0.3, 0.4) is 0 Å². The zero-order valence-corrected chi connectivity index (χ0v) is 7.42. The van der Waals surface area contributed by atoms with E-state index >= 15 is 0 Å². The summed E-state index contributed by atoms with van der Waals surface area (Å²) in [5, 5.41) is 36.6. The highest BCUT2D eigenvalue weighted by molar-refractivity contribution is 6.13. The summed E-state index contributed by atoms with van der Waals surface area (Å²) in [4.78, 5) is 2.08. The number of hydrogen-bond donors (Lipinski definition) is 5. The predicted octanol–water partition coefficient (Wildman–Crippen LogP) is -2.47. The Kier molecular flexibility index (Phi) is 3.87. The van der Waals surface area contributed by atoms with Crippen molar-refractivity contribution in [3.05, 3.63) is 0 Å². The van der Waals surface area contributed by atoms with E-state index in [1.165, 1.54) is 0 Å². The van der Waals surface area contributed by atoms with Crippen LogP contribution in [0.5, 0.6) is 0 Å². The van der Waals surface area contributed by atoms with Crippen molar-refractivity contribution in [2.45, 2.75) is 30.6 Å². The SMILES string of the molecule is OCC1OC(O)[C@@H](NCl)C(O)C1O. The molecule has 5 atom stereocenters. The molecule has 0 amide bonds. The molecule has 1 saturated heterocycles. The number of rotatable bonds is 2. The van der Waals surface area contributed by atoms with Gasteiger partial charge in [0.1, 0.15) is 24.4 Å². The normalized spacial score (nSPS) is 46.4. The highest BCUT2D eigenvalue weighted by atomic mass is 35.5. The fraction of sp³-hybridized carbons (Fsp3) is 1.00. The third-order valence-corrected chi connectivity index (χ3v) is 2.28. The monoisotopic (exact) mass is 213 g/mol.